The summed E-state index contributed by atoms with van der Waals surface area (Å²) in [5.41, 5.74) is 2.18. The average molecular weight is 369 g/mol. The number of likely N-dealkylation sites (tertiary alicyclic amines) is 1. The van der Waals surface area contributed by atoms with Crippen molar-refractivity contribution in [1.29, 1.82) is 0 Å². The second kappa shape index (κ2) is 6.90. The summed E-state index contributed by atoms with van der Waals surface area (Å²) >= 11 is 0. The average Bonchev–Trinajstić information content (AvgIpc) is 3.35. The number of methoxy groups -OCH3 is 2. The Labute approximate surface area is 155 Å². The van der Waals surface area contributed by atoms with Crippen LogP contribution in [0.5, 0.6) is 11.5 Å². The van der Waals surface area contributed by atoms with Gasteiger partial charge in [-0.3, -0.25) is 4.79 Å². The minimum Gasteiger partial charge on any atom is -0.497 e. The summed E-state index contributed by atoms with van der Waals surface area (Å²) in [5, 5.41) is 0. The standard InChI is InChI=1S/C20H20FN3O3/c1-26-13-5-6-14(18(10-13)27-2)17-4-3-7-24(17)20(25)15-8-12(21)9-16-19(15)23-11-22-16/h5-6,8-11,17H,3-4,7H2,1-2H3,(H,22,23)/t17-/m1/s1. The van der Waals surface area contributed by atoms with Gasteiger partial charge in [-0.15, -0.1) is 0 Å². The summed E-state index contributed by atoms with van der Waals surface area (Å²) in [6.45, 7) is 0.598. The van der Waals surface area contributed by atoms with Crippen LogP contribution in [0.4, 0.5) is 4.39 Å². The monoisotopic (exact) mass is 369 g/mol. The van der Waals surface area contributed by atoms with E-state index in [1.807, 2.05) is 18.2 Å². The number of hydrogen-bond acceptors (Lipinski definition) is 4. The third-order valence-corrected chi connectivity index (χ3v) is 5.03. The molecule has 0 saturated carbocycles. The number of fused-ring (bicyclic) bond motifs is 1. The molecule has 4 rings (SSSR count). The van der Waals surface area contributed by atoms with E-state index in [9.17, 15) is 9.18 Å². The number of aromatic nitrogens is 2. The van der Waals surface area contributed by atoms with Gasteiger partial charge in [0.2, 0.25) is 0 Å². The van der Waals surface area contributed by atoms with E-state index in [0.29, 0.717) is 29.1 Å². The Bertz CT molecular complexity index is 1000. The molecule has 2 aromatic carbocycles. The summed E-state index contributed by atoms with van der Waals surface area (Å²) in [4.78, 5) is 22.1. The van der Waals surface area contributed by atoms with Crippen LogP contribution in [-0.4, -0.2) is 41.5 Å². The molecule has 140 valence electrons. The van der Waals surface area contributed by atoms with E-state index in [0.717, 1.165) is 18.4 Å². The van der Waals surface area contributed by atoms with Crippen LogP contribution in [0.25, 0.3) is 11.0 Å². The van der Waals surface area contributed by atoms with Gasteiger partial charge in [-0.2, -0.15) is 0 Å². The van der Waals surface area contributed by atoms with E-state index in [1.165, 1.54) is 18.5 Å². The zero-order chi connectivity index (χ0) is 19.0. The number of ether oxygens (including phenoxy) is 2. The second-order valence-corrected chi connectivity index (χ2v) is 6.52. The number of benzene rings is 2. The van der Waals surface area contributed by atoms with Crippen LogP contribution in [0.15, 0.2) is 36.7 Å². The quantitative estimate of drug-likeness (QED) is 0.762. The first-order valence-electron chi connectivity index (χ1n) is 8.78. The normalized spacial score (nSPS) is 16.7. The Hall–Kier alpha value is -3.09. The Kier molecular flexibility index (Phi) is 4.43. The van der Waals surface area contributed by atoms with E-state index in [2.05, 4.69) is 9.97 Å². The molecule has 1 atom stereocenters. The first-order valence-corrected chi connectivity index (χ1v) is 8.78. The molecule has 1 aliphatic heterocycles. The van der Waals surface area contributed by atoms with Crippen molar-refractivity contribution in [3.63, 3.8) is 0 Å². The van der Waals surface area contributed by atoms with E-state index >= 15 is 0 Å². The number of carbonyl (C=O) groups is 1. The molecule has 1 N–H and O–H groups in total. The highest BCUT2D eigenvalue weighted by Crippen LogP contribution is 2.39. The van der Waals surface area contributed by atoms with Crippen LogP contribution in [0.3, 0.4) is 0 Å². The van der Waals surface area contributed by atoms with Gasteiger partial charge < -0.3 is 19.4 Å². The highest BCUT2D eigenvalue weighted by molar-refractivity contribution is 6.05. The second-order valence-electron chi connectivity index (χ2n) is 6.52. The molecule has 0 radical (unpaired) electrons. The zero-order valence-corrected chi connectivity index (χ0v) is 15.2. The van der Waals surface area contributed by atoms with Crippen LogP contribution >= 0.6 is 0 Å². The number of amides is 1. The predicted molar refractivity (Wildman–Crippen MR) is 98.6 cm³/mol. The lowest BCUT2D eigenvalue weighted by molar-refractivity contribution is 0.0735. The third kappa shape index (κ3) is 2.99. The predicted octanol–water partition coefficient (Wildman–Crippen LogP) is 3.70. The van der Waals surface area contributed by atoms with E-state index in [1.54, 1.807) is 19.1 Å². The number of hydrogen-bond donors (Lipinski definition) is 1. The first-order chi connectivity index (χ1) is 13.1. The van der Waals surface area contributed by atoms with Gasteiger partial charge >= 0.3 is 0 Å². The molecule has 1 fully saturated rings. The Morgan fingerprint density at radius 2 is 2.11 bits per heavy atom. The van der Waals surface area contributed by atoms with Crippen molar-refractivity contribution in [2.45, 2.75) is 18.9 Å². The number of aromatic amines is 1. The first kappa shape index (κ1) is 17.3. The SMILES string of the molecule is COc1ccc([C@H]2CCCN2C(=O)c2cc(F)cc3[nH]cnc23)c(OC)c1. The molecule has 3 aromatic rings. The summed E-state index contributed by atoms with van der Waals surface area (Å²) < 4.78 is 24.8. The molecule has 7 heteroatoms. The van der Waals surface area contributed by atoms with Crippen molar-refractivity contribution < 1.29 is 18.7 Å². The van der Waals surface area contributed by atoms with Crippen molar-refractivity contribution in [3.8, 4) is 11.5 Å². The van der Waals surface area contributed by atoms with Gasteiger partial charge in [-0.1, -0.05) is 0 Å². The number of imidazole rings is 1. The van der Waals surface area contributed by atoms with Crippen molar-refractivity contribution in [1.82, 2.24) is 14.9 Å². The van der Waals surface area contributed by atoms with Gasteiger partial charge in [0.15, 0.2) is 0 Å². The molecule has 1 saturated heterocycles. The number of halogens is 1. The number of H-pyrrole nitrogens is 1. The topological polar surface area (TPSA) is 67.5 Å². The highest BCUT2D eigenvalue weighted by atomic mass is 19.1. The third-order valence-electron chi connectivity index (χ3n) is 5.03. The summed E-state index contributed by atoms with van der Waals surface area (Å²) in [7, 11) is 3.19. The summed E-state index contributed by atoms with van der Waals surface area (Å²) in [5.74, 6) is 0.665. The minimum absolute atomic E-state index is 0.143. The van der Waals surface area contributed by atoms with Crippen LogP contribution < -0.4 is 9.47 Å². The van der Waals surface area contributed by atoms with Gasteiger partial charge in [0.1, 0.15) is 22.8 Å². The fourth-order valence-electron chi connectivity index (χ4n) is 3.76. The van der Waals surface area contributed by atoms with Gasteiger partial charge in [0.05, 0.1) is 37.7 Å². The van der Waals surface area contributed by atoms with Gasteiger partial charge in [-0.05, 0) is 37.1 Å². The highest BCUT2D eigenvalue weighted by Gasteiger charge is 2.33. The van der Waals surface area contributed by atoms with Gasteiger partial charge in [0.25, 0.3) is 5.91 Å². The van der Waals surface area contributed by atoms with Crippen LogP contribution in [0.1, 0.15) is 34.8 Å². The Morgan fingerprint density at radius 3 is 2.89 bits per heavy atom. The van der Waals surface area contributed by atoms with Crippen molar-refractivity contribution in [2.75, 3.05) is 20.8 Å². The molecule has 0 spiro atoms. The molecular weight excluding hydrogens is 349 g/mol. The van der Waals surface area contributed by atoms with Gasteiger partial charge in [0, 0.05) is 18.2 Å². The number of nitrogens with one attached hydrogen (secondary N) is 1. The molecule has 1 amide bonds. The molecule has 1 aliphatic rings. The van der Waals surface area contributed by atoms with Crippen molar-refractivity contribution >= 4 is 16.9 Å². The van der Waals surface area contributed by atoms with Crippen LogP contribution in [0, 0.1) is 5.82 Å². The maximum Gasteiger partial charge on any atom is 0.256 e. The van der Waals surface area contributed by atoms with E-state index < -0.39 is 5.82 Å². The molecule has 27 heavy (non-hydrogen) atoms. The fourth-order valence-corrected chi connectivity index (χ4v) is 3.76. The minimum atomic E-state index is -0.465. The lowest BCUT2D eigenvalue weighted by Gasteiger charge is -2.26. The number of carbonyl (C=O) groups excluding carboxylic acids is 1. The van der Waals surface area contributed by atoms with Crippen molar-refractivity contribution in [3.05, 3.63) is 53.6 Å². The maximum atomic E-state index is 14.0. The van der Waals surface area contributed by atoms with Gasteiger partial charge in [-0.25, -0.2) is 9.37 Å². The molecule has 2 heterocycles. The van der Waals surface area contributed by atoms with Crippen LogP contribution in [-0.2, 0) is 0 Å². The Morgan fingerprint density at radius 1 is 1.26 bits per heavy atom. The molecule has 6 nitrogen and oxygen atoms in total. The lowest BCUT2D eigenvalue weighted by atomic mass is 10.0. The number of rotatable bonds is 4. The molecule has 0 bridgehead atoms. The lowest BCUT2D eigenvalue weighted by Crippen LogP contribution is -2.31. The molecule has 1 aromatic heterocycles. The maximum absolute atomic E-state index is 14.0. The molecule has 0 unspecified atom stereocenters. The largest absolute Gasteiger partial charge is 0.497 e. The zero-order valence-electron chi connectivity index (χ0n) is 15.2. The smallest absolute Gasteiger partial charge is 0.256 e. The van der Waals surface area contributed by atoms with E-state index in [-0.39, 0.29) is 17.5 Å². The van der Waals surface area contributed by atoms with Crippen molar-refractivity contribution in [2.24, 2.45) is 0 Å². The fraction of sp³-hybridized carbons (Fsp3) is 0.300. The summed E-state index contributed by atoms with van der Waals surface area (Å²) in [6.07, 6.45) is 3.15. The molecule has 0 aliphatic carbocycles. The van der Waals surface area contributed by atoms with E-state index in [4.69, 9.17) is 9.47 Å². The molecular formula is C20H20FN3O3. The number of nitrogens with zero attached hydrogens (tertiary/aromatic N) is 2. The van der Waals surface area contributed by atoms with Crippen LogP contribution in [0.2, 0.25) is 0 Å². The Balaban J connectivity index is 1.73. The summed E-state index contributed by atoms with van der Waals surface area (Å²) in [6, 6.07) is 8.04.